The molecule has 0 saturated carbocycles. The molecule has 11 heteroatoms. The topological polar surface area (TPSA) is 99.9 Å². The number of hydrogen-bond acceptors (Lipinski definition) is 7. The molecule has 0 amide bonds. The fourth-order valence-electron chi connectivity index (χ4n) is 2.46. The van der Waals surface area contributed by atoms with Crippen LogP contribution in [0.2, 0.25) is 10.0 Å². The van der Waals surface area contributed by atoms with Crippen molar-refractivity contribution in [3.63, 3.8) is 0 Å². The van der Waals surface area contributed by atoms with E-state index in [9.17, 15) is 14.7 Å². The number of nitrogens with zero attached hydrogens (tertiary/aromatic N) is 1. The van der Waals surface area contributed by atoms with Crippen LogP contribution in [-0.2, 0) is 13.6 Å². The summed E-state index contributed by atoms with van der Waals surface area (Å²) in [6, 6.07) is 8.84. The third-order valence-electron chi connectivity index (χ3n) is 3.74. The summed E-state index contributed by atoms with van der Waals surface area (Å²) < 4.78 is 29.2. The zero-order valence-electron chi connectivity index (χ0n) is 16.1. The molecule has 0 radical (unpaired) electrons. The minimum absolute atomic E-state index is 0.102. The summed E-state index contributed by atoms with van der Waals surface area (Å²) >= 11 is 12.0. The van der Waals surface area contributed by atoms with Gasteiger partial charge in [-0.3, -0.25) is 14.7 Å². The van der Waals surface area contributed by atoms with E-state index in [4.69, 9.17) is 37.0 Å². The van der Waals surface area contributed by atoms with Crippen molar-refractivity contribution in [3.8, 4) is 11.5 Å². The second-order valence-electron chi connectivity index (χ2n) is 5.81. The zero-order valence-corrected chi connectivity index (χ0v) is 18.5. The van der Waals surface area contributed by atoms with Crippen LogP contribution in [0.5, 0.6) is 11.5 Å². The van der Waals surface area contributed by atoms with Gasteiger partial charge in [-0.2, -0.15) is 0 Å². The number of nitro benzene ring substituents is 1. The van der Waals surface area contributed by atoms with Gasteiger partial charge in [0.1, 0.15) is 23.0 Å². The summed E-state index contributed by atoms with van der Waals surface area (Å²) in [5.41, 5.74) is -0.115. The van der Waals surface area contributed by atoms with Gasteiger partial charge in [-0.05, 0) is 45.0 Å². The van der Waals surface area contributed by atoms with Crippen molar-refractivity contribution in [2.45, 2.75) is 26.6 Å². The standard InChI is InChI=1S/C18H21Cl2N2O6P/c1-4-26-29(25,27-5-2)12(3)21-16-11-14(7-8-17(16)22(23)24)28-18-9-6-13(19)10-15(18)20/h6-12,21H,4-5H2,1-3H3. The van der Waals surface area contributed by atoms with Crippen molar-refractivity contribution in [3.05, 3.63) is 56.6 Å². The molecule has 2 rings (SSSR count). The van der Waals surface area contributed by atoms with E-state index in [1.807, 2.05) is 0 Å². The molecule has 0 aliphatic carbocycles. The Morgan fingerprint density at radius 1 is 1.14 bits per heavy atom. The van der Waals surface area contributed by atoms with Crippen molar-refractivity contribution in [2.24, 2.45) is 0 Å². The molecule has 0 saturated heterocycles. The minimum atomic E-state index is -3.53. The molecule has 1 atom stereocenters. The fourth-order valence-corrected chi connectivity index (χ4v) is 4.45. The monoisotopic (exact) mass is 462 g/mol. The SMILES string of the molecule is CCOP(=O)(OCC)C(C)Nc1cc(Oc2ccc(Cl)cc2Cl)ccc1[N+](=O)[O-]. The Morgan fingerprint density at radius 2 is 1.79 bits per heavy atom. The zero-order chi connectivity index (χ0) is 21.6. The Bertz CT molecular complexity index is 917. The number of hydrogen-bond donors (Lipinski definition) is 1. The summed E-state index contributed by atoms with van der Waals surface area (Å²) in [4.78, 5) is 10.9. The lowest BCUT2D eigenvalue weighted by atomic mass is 10.2. The number of nitrogens with one attached hydrogen (secondary N) is 1. The predicted octanol–water partition coefficient (Wildman–Crippen LogP) is 6.72. The van der Waals surface area contributed by atoms with Gasteiger partial charge in [0.05, 0.1) is 23.2 Å². The molecule has 0 bridgehead atoms. The lowest BCUT2D eigenvalue weighted by molar-refractivity contribution is -0.384. The Kier molecular flexibility index (Phi) is 8.31. The van der Waals surface area contributed by atoms with Crippen molar-refractivity contribution >= 4 is 42.2 Å². The summed E-state index contributed by atoms with van der Waals surface area (Å²) in [7, 11) is -3.53. The molecule has 1 N–H and O–H groups in total. The Morgan fingerprint density at radius 3 is 2.34 bits per heavy atom. The molecular formula is C18H21Cl2N2O6P. The lowest BCUT2D eigenvalue weighted by Gasteiger charge is -2.24. The molecule has 0 aliphatic heterocycles. The maximum Gasteiger partial charge on any atom is 0.352 e. The first-order chi connectivity index (χ1) is 13.7. The van der Waals surface area contributed by atoms with Crippen LogP contribution in [0.1, 0.15) is 20.8 Å². The molecule has 0 fully saturated rings. The van der Waals surface area contributed by atoms with Crippen molar-refractivity contribution in [1.29, 1.82) is 0 Å². The van der Waals surface area contributed by atoms with Crippen LogP contribution in [0.25, 0.3) is 0 Å². The Hall–Kier alpha value is -1.83. The summed E-state index contributed by atoms with van der Waals surface area (Å²) in [5.74, 6) is -0.217. The minimum Gasteiger partial charge on any atom is -0.456 e. The van der Waals surface area contributed by atoms with E-state index in [0.29, 0.717) is 10.8 Å². The second-order valence-corrected chi connectivity index (χ2v) is 9.02. The number of nitro groups is 1. The quantitative estimate of drug-likeness (QED) is 0.237. The smallest absolute Gasteiger partial charge is 0.352 e. The van der Waals surface area contributed by atoms with E-state index in [1.54, 1.807) is 32.9 Å². The van der Waals surface area contributed by atoms with Gasteiger partial charge >= 0.3 is 7.60 Å². The van der Waals surface area contributed by atoms with Gasteiger partial charge in [0.15, 0.2) is 0 Å². The highest BCUT2D eigenvalue weighted by Gasteiger charge is 2.33. The summed E-state index contributed by atoms with van der Waals surface area (Å²) in [6.45, 7) is 5.28. The highest BCUT2D eigenvalue weighted by atomic mass is 35.5. The molecule has 8 nitrogen and oxygen atoms in total. The van der Waals surface area contributed by atoms with E-state index in [2.05, 4.69) is 5.32 Å². The molecule has 158 valence electrons. The van der Waals surface area contributed by atoms with Crippen LogP contribution >= 0.6 is 30.8 Å². The number of halogens is 2. The molecule has 2 aromatic carbocycles. The van der Waals surface area contributed by atoms with E-state index < -0.39 is 18.3 Å². The van der Waals surface area contributed by atoms with Crippen molar-refractivity contribution < 1.29 is 23.3 Å². The predicted molar refractivity (Wildman–Crippen MR) is 114 cm³/mol. The molecule has 1 unspecified atom stereocenters. The average molecular weight is 463 g/mol. The third kappa shape index (κ3) is 6.07. The highest BCUT2D eigenvalue weighted by Crippen LogP contribution is 2.53. The molecular weight excluding hydrogens is 442 g/mol. The normalized spacial score (nSPS) is 12.4. The van der Waals surface area contributed by atoms with Crippen molar-refractivity contribution in [2.75, 3.05) is 18.5 Å². The van der Waals surface area contributed by atoms with E-state index in [1.165, 1.54) is 24.3 Å². The number of rotatable bonds is 10. The molecule has 29 heavy (non-hydrogen) atoms. The maximum absolute atomic E-state index is 12.9. The van der Waals surface area contributed by atoms with Crippen LogP contribution < -0.4 is 10.1 Å². The van der Waals surface area contributed by atoms with Gasteiger partial charge in [0.2, 0.25) is 0 Å². The third-order valence-corrected chi connectivity index (χ3v) is 6.59. The number of ether oxygens (including phenoxy) is 1. The van der Waals surface area contributed by atoms with Gasteiger partial charge in [-0.1, -0.05) is 23.2 Å². The molecule has 0 heterocycles. The Balaban J connectivity index is 2.35. The van der Waals surface area contributed by atoms with Gasteiger partial charge in [0.25, 0.3) is 5.69 Å². The van der Waals surface area contributed by atoms with E-state index >= 15 is 0 Å². The van der Waals surface area contributed by atoms with E-state index in [-0.39, 0.29) is 35.4 Å². The molecule has 2 aromatic rings. The molecule has 0 aliphatic rings. The number of benzene rings is 2. The maximum atomic E-state index is 12.9. The van der Waals surface area contributed by atoms with Crippen molar-refractivity contribution in [1.82, 2.24) is 0 Å². The summed E-state index contributed by atoms with van der Waals surface area (Å²) in [6.07, 6.45) is 0. The second kappa shape index (κ2) is 10.3. The molecule has 0 aromatic heterocycles. The fraction of sp³-hybridized carbons (Fsp3) is 0.333. The lowest BCUT2D eigenvalue weighted by Crippen LogP contribution is -2.19. The van der Waals surface area contributed by atoms with Gasteiger partial charge in [-0.15, -0.1) is 0 Å². The van der Waals surface area contributed by atoms with Gasteiger partial charge in [-0.25, -0.2) is 0 Å². The van der Waals surface area contributed by atoms with Gasteiger partial charge < -0.3 is 19.1 Å². The first-order valence-electron chi connectivity index (χ1n) is 8.76. The van der Waals surface area contributed by atoms with Crippen LogP contribution in [0, 0.1) is 10.1 Å². The Labute approximate surface area is 178 Å². The first-order valence-corrected chi connectivity index (χ1v) is 11.1. The highest BCUT2D eigenvalue weighted by molar-refractivity contribution is 7.54. The van der Waals surface area contributed by atoms with Gasteiger partial charge in [0, 0.05) is 17.2 Å². The first kappa shape index (κ1) is 23.4. The van der Waals surface area contributed by atoms with Crippen LogP contribution in [0.3, 0.4) is 0 Å². The van der Waals surface area contributed by atoms with Crippen LogP contribution in [0.15, 0.2) is 36.4 Å². The van der Waals surface area contributed by atoms with Crippen LogP contribution in [0.4, 0.5) is 11.4 Å². The summed E-state index contributed by atoms with van der Waals surface area (Å²) in [5, 5.41) is 15.0. The van der Waals surface area contributed by atoms with E-state index in [0.717, 1.165) is 0 Å². The number of anilines is 1. The molecule has 0 spiro atoms. The average Bonchev–Trinajstić information content (AvgIpc) is 2.64. The van der Waals surface area contributed by atoms with Crippen LogP contribution in [-0.4, -0.2) is 23.9 Å². The largest absolute Gasteiger partial charge is 0.456 e.